The van der Waals surface area contributed by atoms with Gasteiger partial charge in [-0.2, -0.15) is 0 Å². The van der Waals surface area contributed by atoms with Crippen LogP contribution in [0.1, 0.15) is 6.92 Å². The highest BCUT2D eigenvalue weighted by molar-refractivity contribution is 7.54. The van der Waals surface area contributed by atoms with Crippen LogP contribution in [-0.2, 0) is 18.3 Å². The van der Waals surface area contributed by atoms with Gasteiger partial charge in [0.2, 0.25) is 0 Å². The number of rotatable bonds is 4. The van der Waals surface area contributed by atoms with E-state index in [1.807, 2.05) is 6.92 Å². The van der Waals surface area contributed by atoms with Crippen molar-refractivity contribution in [3.63, 3.8) is 0 Å². The zero-order valence-corrected chi connectivity index (χ0v) is 9.71. The first-order valence-electron chi connectivity index (χ1n) is 4.34. The van der Waals surface area contributed by atoms with Gasteiger partial charge in [-0.15, -0.1) is 0 Å². The first kappa shape index (κ1) is 12.1. The van der Waals surface area contributed by atoms with Crippen LogP contribution in [0.4, 0.5) is 0 Å². The summed E-state index contributed by atoms with van der Waals surface area (Å²) in [7, 11) is 1.19. The van der Waals surface area contributed by atoms with E-state index in [4.69, 9.17) is 13.8 Å². The first-order chi connectivity index (χ1) is 6.59. The molecule has 6 nitrogen and oxygen atoms in total. The third-order valence-corrected chi connectivity index (χ3v) is 4.87. The number of hydrazine groups is 1. The van der Waals surface area contributed by atoms with Gasteiger partial charge in [-0.05, 0) is 6.92 Å². The quantitative estimate of drug-likeness (QED) is 0.670. The molecule has 14 heavy (non-hydrogen) atoms. The molecule has 0 bridgehead atoms. The fourth-order valence-corrected chi connectivity index (χ4v) is 3.39. The standard InChI is InChI=1S/C7H17N2O4P/c1-5-6(7(11-2)9-8-5)14(10,12-3)13-4/h5-9H,1-4H3. The van der Waals surface area contributed by atoms with Crippen molar-refractivity contribution < 1.29 is 18.3 Å². The van der Waals surface area contributed by atoms with E-state index in [0.29, 0.717) is 0 Å². The summed E-state index contributed by atoms with van der Waals surface area (Å²) >= 11 is 0. The molecule has 0 saturated carbocycles. The van der Waals surface area contributed by atoms with Crippen molar-refractivity contribution in [2.45, 2.75) is 24.9 Å². The molecule has 1 aliphatic rings. The summed E-state index contributed by atoms with van der Waals surface area (Å²) in [4.78, 5) is 0. The first-order valence-corrected chi connectivity index (χ1v) is 5.95. The van der Waals surface area contributed by atoms with Gasteiger partial charge in [0.15, 0.2) is 0 Å². The smallest absolute Gasteiger partial charge is 0.338 e. The number of methoxy groups -OCH3 is 1. The maximum Gasteiger partial charge on any atom is 0.338 e. The average Bonchev–Trinajstić information content (AvgIpc) is 2.59. The van der Waals surface area contributed by atoms with Crippen LogP contribution in [0.5, 0.6) is 0 Å². The highest BCUT2D eigenvalue weighted by atomic mass is 31.2. The van der Waals surface area contributed by atoms with Crippen molar-refractivity contribution in [3.8, 4) is 0 Å². The Morgan fingerprint density at radius 3 is 2.14 bits per heavy atom. The fraction of sp³-hybridized carbons (Fsp3) is 1.00. The molecule has 7 heteroatoms. The Bertz CT molecular complexity index is 230. The Morgan fingerprint density at radius 2 is 1.71 bits per heavy atom. The molecule has 1 rings (SSSR count). The van der Waals surface area contributed by atoms with Gasteiger partial charge in [-0.3, -0.25) is 9.99 Å². The summed E-state index contributed by atoms with van der Waals surface area (Å²) in [5.41, 5.74) is 5.47. The molecule has 3 atom stereocenters. The minimum Gasteiger partial charge on any atom is -0.364 e. The number of ether oxygens (including phenoxy) is 1. The average molecular weight is 224 g/mol. The molecule has 1 saturated heterocycles. The van der Waals surface area contributed by atoms with Gasteiger partial charge in [0, 0.05) is 27.4 Å². The van der Waals surface area contributed by atoms with Crippen molar-refractivity contribution >= 4 is 7.60 Å². The highest BCUT2D eigenvalue weighted by Gasteiger charge is 2.47. The van der Waals surface area contributed by atoms with Crippen LogP contribution >= 0.6 is 7.60 Å². The Labute approximate surface area is 83.8 Å². The van der Waals surface area contributed by atoms with Crippen molar-refractivity contribution in [3.05, 3.63) is 0 Å². The molecule has 0 spiro atoms. The SMILES string of the molecule is COC1NNC(C)C1P(=O)(OC)OC. The summed E-state index contributed by atoms with van der Waals surface area (Å²) in [6.07, 6.45) is -0.365. The van der Waals surface area contributed by atoms with Crippen LogP contribution in [0.15, 0.2) is 0 Å². The van der Waals surface area contributed by atoms with E-state index in [9.17, 15) is 4.57 Å². The molecule has 1 fully saturated rings. The van der Waals surface area contributed by atoms with E-state index >= 15 is 0 Å². The van der Waals surface area contributed by atoms with E-state index in [2.05, 4.69) is 10.9 Å². The van der Waals surface area contributed by atoms with E-state index in [1.165, 1.54) is 14.2 Å². The molecular formula is C7H17N2O4P. The van der Waals surface area contributed by atoms with Crippen molar-refractivity contribution in [2.24, 2.45) is 0 Å². The number of hydrogen-bond donors (Lipinski definition) is 2. The lowest BCUT2D eigenvalue weighted by Crippen LogP contribution is -2.35. The van der Waals surface area contributed by atoms with Crippen LogP contribution in [0.25, 0.3) is 0 Å². The van der Waals surface area contributed by atoms with E-state index in [1.54, 1.807) is 7.11 Å². The Morgan fingerprint density at radius 1 is 1.14 bits per heavy atom. The molecule has 0 aliphatic carbocycles. The van der Waals surface area contributed by atoms with Gasteiger partial charge < -0.3 is 13.8 Å². The van der Waals surface area contributed by atoms with E-state index in [-0.39, 0.29) is 17.9 Å². The topological polar surface area (TPSA) is 68.8 Å². The summed E-state index contributed by atoms with van der Waals surface area (Å²) in [5, 5.41) is 0. The molecule has 0 amide bonds. The summed E-state index contributed by atoms with van der Waals surface area (Å²) in [6, 6.07) is -0.0364. The zero-order valence-electron chi connectivity index (χ0n) is 8.81. The maximum atomic E-state index is 12.1. The van der Waals surface area contributed by atoms with E-state index in [0.717, 1.165) is 0 Å². The minimum absolute atomic E-state index is 0.0364. The van der Waals surface area contributed by atoms with Crippen LogP contribution in [0, 0.1) is 0 Å². The van der Waals surface area contributed by atoms with E-state index < -0.39 is 7.60 Å². The Hall–Kier alpha value is 0.0300. The second-order valence-corrected chi connectivity index (χ2v) is 5.54. The third-order valence-electron chi connectivity index (χ3n) is 2.40. The second kappa shape index (κ2) is 4.70. The molecule has 0 aromatic heterocycles. The van der Waals surface area contributed by atoms with Gasteiger partial charge >= 0.3 is 7.60 Å². The van der Waals surface area contributed by atoms with Gasteiger partial charge in [-0.25, -0.2) is 5.43 Å². The van der Waals surface area contributed by atoms with Gasteiger partial charge in [0.25, 0.3) is 0 Å². The van der Waals surface area contributed by atoms with Crippen molar-refractivity contribution in [2.75, 3.05) is 21.3 Å². The number of nitrogens with one attached hydrogen (secondary N) is 2. The van der Waals surface area contributed by atoms with Crippen LogP contribution in [0.2, 0.25) is 0 Å². The molecule has 0 aromatic rings. The van der Waals surface area contributed by atoms with Gasteiger partial charge in [-0.1, -0.05) is 0 Å². The fourth-order valence-electron chi connectivity index (χ4n) is 1.60. The molecule has 0 radical (unpaired) electrons. The molecule has 2 N–H and O–H groups in total. The lowest BCUT2D eigenvalue weighted by Gasteiger charge is -2.25. The highest BCUT2D eigenvalue weighted by Crippen LogP contribution is 2.54. The molecule has 84 valence electrons. The minimum atomic E-state index is -3.11. The van der Waals surface area contributed by atoms with Crippen molar-refractivity contribution in [1.82, 2.24) is 10.9 Å². The molecule has 3 unspecified atom stereocenters. The maximum absolute atomic E-state index is 12.1. The van der Waals surface area contributed by atoms with Gasteiger partial charge in [0.1, 0.15) is 11.9 Å². The normalized spacial score (nSPS) is 33.6. The second-order valence-electron chi connectivity index (χ2n) is 3.13. The lowest BCUT2D eigenvalue weighted by molar-refractivity contribution is 0.0800. The van der Waals surface area contributed by atoms with Crippen LogP contribution < -0.4 is 10.9 Å². The molecular weight excluding hydrogens is 207 g/mol. The molecule has 1 aliphatic heterocycles. The Kier molecular flexibility index (Phi) is 4.06. The Balaban J connectivity index is 2.86. The third kappa shape index (κ3) is 2.00. The monoisotopic (exact) mass is 224 g/mol. The summed E-state index contributed by atoms with van der Waals surface area (Å²) in [6.45, 7) is 1.89. The lowest BCUT2D eigenvalue weighted by atomic mass is 10.2. The van der Waals surface area contributed by atoms with Crippen LogP contribution in [0.3, 0.4) is 0 Å². The van der Waals surface area contributed by atoms with Crippen molar-refractivity contribution in [1.29, 1.82) is 0 Å². The predicted molar refractivity (Wildman–Crippen MR) is 51.9 cm³/mol. The van der Waals surface area contributed by atoms with Crippen LogP contribution in [-0.4, -0.2) is 39.3 Å². The predicted octanol–water partition coefficient (Wildman–Crippen LogP) is 0.310. The van der Waals surface area contributed by atoms with Gasteiger partial charge in [0.05, 0.1) is 0 Å². The zero-order chi connectivity index (χ0) is 10.8. The summed E-state index contributed by atoms with van der Waals surface area (Å²) in [5.74, 6) is 0. The summed E-state index contributed by atoms with van der Waals surface area (Å²) < 4.78 is 27.2. The number of hydrogen-bond acceptors (Lipinski definition) is 6. The largest absolute Gasteiger partial charge is 0.364 e. The molecule has 0 aromatic carbocycles. The molecule has 1 heterocycles.